The molecule has 4 aromatic rings. The fourth-order valence-corrected chi connectivity index (χ4v) is 9.43. The third-order valence-corrected chi connectivity index (χ3v) is 11.7. The summed E-state index contributed by atoms with van der Waals surface area (Å²) in [7, 11) is -6.63. The molecule has 12 nitrogen and oxygen atoms in total. The van der Waals surface area contributed by atoms with Crippen LogP contribution in [0.2, 0.25) is 0 Å². The van der Waals surface area contributed by atoms with Crippen LogP contribution in [0.4, 0.5) is 10.2 Å². The lowest BCUT2D eigenvalue weighted by Gasteiger charge is -2.54. The van der Waals surface area contributed by atoms with Crippen LogP contribution in [-0.4, -0.2) is 92.4 Å². The number of carbonyl (C=O) groups is 1. The molecule has 2 unspecified atom stereocenters. The largest absolute Gasteiger partial charge is 0.492 e. The molecular formula is C36H38FN5O7S2. The zero-order chi connectivity index (χ0) is 36.2. The number of sulfonamides is 1. The summed E-state index contributed by atoms with van der Waals surface area (Å²) in [5.74, 6) is 0.106. The number of rotatable bonds is 12. The highest BCUT2D eigenvalue weighted by Crippen LogP contribution is 2.37. The van der Waals surface area contributed by atoms with Crippen molar-refractivity contribution in [1.82, 2.24) is 19.0 Å². The predicted octanol–water partition coefficient (Wildman–Crippen LogP) is 4.16. The Kier molecular flexibility index (Phi) is 9.02. The molecule has 2 bridgehead atoms. The van der Waals surface area contributed by atoms with E-state index in [-0.39, 0.29) is 53.8 Å². The van der Waals surface area contributed by atoms with E-state index < -0.39 is 25.7 Å². The molecule has 3 saturated heterocycles. The average molecular weight is 736 g/mol. The third kappa shape index (κ3) is 7.16. The Morgan fingerprint density at radius 3 is 2.45 bits per heavy atom. The molecule has 2 atom stereocenters. The Hall–Kier alpha value is -4.57. The molecule has 3 aliphatic heterocycles. The number of anilines is 1. The van der Waals surface area contributed by atoms with Gasteiger partial charge in [0.2, 0.25) is 10.0 Å². The standard InChI is InChI=1S/C36H38FN5O7S2/c1-22-12-29(49-33-7-5-4-6-31(33)37)8-9-32(22)41-36(38)30(18-39-41)35(43)25-13-23-15-26(21-50(2,44)45)34(16-24(23)14-25)48-11-10-40-19-27-17-28(20-40)42(27)51(3,46)47/h4-9,12,14-16,18,27-28H,10-11,13,17,19-21,38H2,1-3H3. The highest BCUT2D eigenvalue weighted by molar-refractivity contribution is 7.89. The molecule has 3 fully saturated rings. The van der Waals surface area contributed by atoms with Gasteiger partial charge in [0, 0.05) is 55.5 Å². The first-order valence-electron chi connectivity index (χ1n) is 16.4. The van der Waals surface area contributed by atoms with E-state index in [2.05, 4.69) is 10.00 Å². The van der Waals surface area contributed by atoms with E-state index in [9.17, 15) is 26.0 Å². The Bertz CT molecular complexity index is 2290. The number of carbonyl (C=O) groups excluding carboxylic acids is 1. The molecule has 4 heterocycles. The second-order valence-electron chi connectivity index (χ2n) is 13.5. The van der Waals surface area contributed by atoms with Crippen LogP contribution < -0.4 is 15.2 Å². The van der Waals surface area contributed by atoms with Gasteiger partial charge >= 0.3 is 0 Å². The molecule has 268 valence electrons. The molecular weight excluding hydrogens is 698 g/mol. The molecule has 4 aliphatic rings. The average Bonchev–Trinajstić information content (AvgIpc) is 3.63. The minimum absolute atomic E-state index is 0.0296. The van der Waals surface area contributed by atoms with Gasteiger partial charge in [-0.15, -0.1) is 0 Å². The summed E-state index contributed by atoms with van der Waals surface area (Å²) < 4.78 is 77.8. The number of fused-ring (bicyclic) bond motifs is 3. The Morgan fingerprint density at radius 1 is 1.02 bits per heavy atom. The lowest BCUT2D eigenvalue weighted by atomic mass is 9.91. The van der Waals surface area contributed by atoms with E-state index in [4.69, 9.17) is 15.2 Å². The molecule has 0 radical (unpaired) electrons. The Labute approximate surface area is 296 Å². The summed E-state index contributed by atoms with van der Waals surface area (Å²) >= 11 is 0. The predicted molar refractivity (Wildman–Crippen MR) is 191 cm³/mol. The van der Waals surface area contributed by atoms with Crippen LogP contribution in [0.5, 0.6) is 17.2 Å². The van der Waals surface area contributed by atoms with Gasteiger partial charge in [-0.2, -0.15) is 9.40 Å². The number of ether oxygens (including phenoxy) is 2. The van der Waals surface area contributed by atoms with Crippen LogP contribution in [0.1, 0.15) is 39.0 Å². The zero-order valence-corrected chi connectivity index (χ0v) is 30.0. The van der Waals surface area contributed by atoms with Gasteiger partial charge in [-0.3, -0.25) is 9.69 Å². The van der Waals surface area contributed by atoms with Crippen LogP contribution >= 0.6 is 0 Å². The van der Waals surface area contributed by atoms with Gasteiger partial charge in [0.05, 0.1) is 29.5 Å². The summed E-state index contributed by atoms with van der Waals surface area (Å²) in [4.78, 5) is 16.0. The van der Waals surface area contributed by atoms with Crippen molar-refractivity contribution in [3.05, 3.63) is 100 Å². The molecule has 3 aromatic carbocycles. The second-order valence-corrected chi connectivity index (χ2v) is 17.5. The SMILES string of the molecule is Cc1cc(Oc2ccccc2F)ccc1-n1ncc(C(=O)C2=Cc3cc(OCCN4CC5CC(C4)N5S(C)(=O)=O)c(CS(C)(=O)=O)cc3C2)c1N. The van der Waals surface area contributed by atoms with E-state index in [1.165, 1.54) is 29.3 Å². The minimum atomic E-state index is -3.40. The Morgan fingerprint density at radius 2 is 1.76 bits per heavy atom. The van der Waals surface area contributed by atoms with E-state index in [1.807, 2.05) is 6.92 Å². The van der Waals surface area contributed by atoms with Crippen LogP contribution in [0.25, 0.3) is 11.8 Å². The first kappa shape index (κ1) is 34.9. The van der Waals surface area contributed by atoms with Gasteiger partial charge in [-0.25, -0.2) is 25.9 Å². The van der Waals surface area contributed by atoms with Crippen molar-refractivity contribution in [1.29, 1.82) is 0 Å². The van der Waals surface area contributed by atoms with Crippen molar-refractivity contribution in [2.75, 3.05) is 44.5 Å². The highest BCUT2D eigenvalue weighted by atomic mass is 32.2. The number of aromatic nitrogens is 2. The van der Waals surface area contributed by atoms with Gasteiger partial charge in [0.25, 0.3) is 0 Å². The van der Waals surface area contributed by atoms with Crippen LogP contribution in [0, 0.1) is 12.7 Å². The topological polar surface area (TPSA) is 154 Å². The molecule has 51 heavy (non-hydrogen) atoms. The normalized spacial score (nSPS) is 18.9. The van der Waals surface area contributed by atoms with Gasteiger partial charge in [-0.05, 0) is 72.5 Å². The van der Waals surface area contributed by atoms with E-state index in [0.29, 0.717) is 48.0 Å². The number of hydrogen-bond donors (Lipinski definition) is 1. The molecule has 0 amide bonds. The molecule has 8 rings (SSSR count). The first-order valence-corrected chi connectivity index (χ1v) is 20.3. The van der Waals surface area contributed by atoms with E-state index in [1.54, 1.807) is 52.8 Å². The fourth-order valence-electron chi connectivity index (χ4n) is 7.25. The second kappa shape index (κ2) is 13.2. The molecule has 0 saturated carbocycles. The summed E-state index contributed by atoms with van der Waals surface area (Å²) in [5, 5.41) is 4.40. The highest BCUT2D eigenvalue weighted by Gasteiger charge is 2.49. The van der Waals surface area contributed by atoms with Gasteiger partial charge in [0.1, 0.15) is 23.9 Å². The number of sulfone groups is 1. The van der Waals surface area contributed by atoms with Crippen molar-refractivity contribution in [3.8, 4) is 22.9 Å². The van der Waals surface area contributed by atoms with Gasteiger partial charge in [0.15, 0.2) is 27.2 Å². The maximum Gasteiger partial charge on any atom is 0.211 e. The van der Waals surface area contributed by atoms with Gasteiger partial charge in [-0.1, -0.05) is 18.2 Å². The van der Waals surface area contributed by atoms with Crippen molar-refractivity contribution in [2.45, 2.75) is 37.6 Å². The van der Waals surface area contributed by atoms with Crippen LogP contribution in [0.3, 0.4) is 0 Å². The summed E-state index contributed by atoms with van der Waals surface area (Å²) in [6.45, 7) is 3.92. The minimum Gasteiger partial charge on any atom is -0.492 e. The maximum atomic E-state index is 14.1. The lowest BCUT2D eigenvalue weighted by molar-refractivity contribution is -0.0104. The first-order chi connectivity index (χ1) is 24.1. The van der Waals surface area contributed by atoms with Gasteiger partial charge < -0.3 is 15.2 Å². The number of para-hydroxylation sites is 1. The molecule has 15 heteroatoms. The molecule has 2 N–H and O–H groups in total. The quantitative estimate of drug-likeness (QED) is 0.210. The monoisotopic (exact) mass is 735 g/mol. The number of ketones is 1. The van der Waals surface area contributed by atoms with E-state index in [0.717, 1.165) is 29.4 Å². The number of piperazine rings is 1. The number of benzene rings is 3. The molecule has 1 aromatic heterocycles. The molecule has 1 aliphatic carbocycles. The number of nitrogens with two attached hydrogens (primary N) is 1. The number of hydrogen-bond acceptors (Lipinski definition) is 10. The van der Waals surface area contributed by atoms with Crippen molar-refractivity contribution < 1.29 is 35.5 Å². The van der Waals surface area contributed by atoms with E-state index >= 15 is 0 Å². The summed E-state index contributed by atoms with van der Waals surface area (Å²) in [6, 6.07) is 14.7. The van der Waals surface area contributed by atoms with Crippen molar-refractivity contribution in [2.24, 2.45) is 0 Å². The van der Waals surface area contributed by atoms with Crippen molar-refractivity contribution >= 4 is 37.5 Å². The number of nitrogens with zero attached hydrogens (tertiary/aromatic N) is 4. The number of allylic oxidation sites excluding steroid dienone is 1. The Balaban J connectivity index is 1.06. The number of nitrogen functional groups attached to an aromatic ring is 1. The molecule has 0 spiro atoms. The lowest BCUT2D eigenvalue weighted by Crippen LogP contribution is -2.69. The van der Waals surface area contributed by atoms with Crippen molar-refractivity contribution in [3.63, 3.8) is 0 Å². The summed E-state index contributed by atoms with van der Waals surface area (Å²) in [6.07, 6.45) is 6.74. The maximum absolute atomic E-state index is 14.1. The van der Waals surface area contributed by atoms with Crippen LogP contribution in [-0.2, 0) is 32.0 Å². The van der Waals surface area contributed by atoms with Crippen LogP contribution in [0.15, 0.2) is 66.4 Å². The number of Topliss-reactive ketones (excluding diaryl/α,β-unsaturated/α-hetero) is 1. The number of halogens is 1. The summed E-state index contributed by atoms with van der Waals surface area (Å²) in [5.41, 5.74) is 10.6. The number of aryl methyl sites for hydroxylation is 1. The number of piperidine rings is 1. The fraction of sp³-hybridized carbons (Fsp3) is 0.333. The zero-order valence-electron chi connectivity index (χ0n) is 28.4. The smallest absolute Gasteiger partial charge is 0.211 e. The third-order valence-electron chi connectivity index (χ3n) is 9.50.